The molecule has 212 valence electrons. The molecule has 41 heavy (non-hydrogen) atoms. The van der Waals surface area contributed by atoms with Gasteiger partial charge in [0.15, 0.2) is 5.78 Å². The van der Waals surface area contributed by atoms with E-state index in [0.29, 0.717) is 23.6 Å². The molecule has 0 bridgehead atoms. The maximum absolute atomic E-state index is 13.7. The number of nitrogens with one attached hydrogen (secondary N) is 2. The lowest BCUT2D eigenvalue weighted by molar-refractivity contribution is -0.124. The van der Waals surface area contributed by atoms with Gasteiger partial charge in [0.25, 0.3) is 0 Å². The molecule has 2 atom stereocenters. The van der Waals surface area contributed by atoms with Crippen LogP contribution in [0.3, 0.4) is 0 Å². The number of aromatic amines is 1. The number of carbonyl (C=O) groups excluding carboxylic acids is 2. The molecule has 2 aliphatic carbocycles. The first-order valence-corrected chi connectivity index (χ1v) is 14.4. The summed E-state index contributed by atoms with van der Waals surface area (Å²) in [6.07, 6.45) is 10.5. The van der Waals surface area contributed by atoms with Gasteiger partial charge in [0.2, 0.25) is 5.91 Å². The van der Waals surface area contributed by atoms with Crippen molar-refractivity contribution >= 4 is 23.6 Å². The molecule has 1 saturated carbocycles. The van der Waals surface area contributed by atoms with Crippen LogP contribution in [0.1, 0.15) is 88.1 Å². The number of amides is 1. The van der Waals surface area contributed by atoms with Gasteiger partial charge < -0.3 is 11.1 Å². The van der Waals surface area contributed by atoms with Crippen molar-refractivity contribution in [3.8, 4) is 11.1 Å². The Kier molecular flexibility index (Phi) is 6.67. The van der Waals surface area contributed by atoms with Crippen molar-refractivity contribution in [3.63, 3.8) is 0 Å². The van der Waals surface area contributed by atoms with Gasteiger partial charge in [-0.15, -0.1) is 0 Å². The fourth-order valence-corrected chi connectivity index (χ4v) is 7.03. The summed E-state index contributed by atoms with van der Waals surface area (Å²) < 4.78 is 13.7. The van der Waals surface area contributed by atoms with Gasteiger partial charge in [-0.2, -0.15) is 5.10 Å². The monoisotopic (exact) mass is 553 g/mol. The van der Waals surface area contributed by atoms with Crippen molar-refractivity contribution in [1.29, 1.82) is 0 Å². The second-order valence-corrected chi connectivity index (χ2v) is 12.6. The molecule has 0 spiro atoms. The number of pyridine rings is 1. The highest BCUT2D eigenvalue weighted by Crippen LogP contribution is 2.56. The number of hydrogen-bond donors (Lipinski definition) is 3. The third kappa shape index (κ3) is 4.79. The highest BCUT2D eigenvalue weighted by atomic mass is 19.1. The van der Waals surface area contributed by atoms with E-state index in [9.17, 15) is 14.0 Å². The summed E-state index contributed by atoms with van der Waals surface area (Å²) >= 11 is 0. The van der Waals surface area contributed by atoms with Gasteiger partial charge in [-0.05, 0) is 66.4 Å². The summed E-state index contributed by atoms with van der Waals surface area (Å²) in [5.74, 6) is -0.817. The topological polar surface area (TPSA) is 114 Å². The number of allylic oxidation sites excluding steroid dienone is 3. The van der Waals surface area contributed by atoms with Gasteiger partial charge in [0, 0.05) is 40.9 Å². The summed E-state index contributed by atoms with van der Waals surface area (Å²) in [5.41, 5.74) is 11.0. The average Bonchev–Trinajstić information content (AvgIpc) is 3.31. The Morgan fingerprint density at radius 3 is 2.63 bits per heavy atom. The van der Waals surface area contributed by atoms with Crippen molar-refractivity contribution in [1.82, 2.24) is 15.2 Å². The van der Waals surface area contributed by atoms with Crippen molar-refractivity contribution in [2.75, 3.05) is 5.32 Å². The molecule has 2 unspecified atom stereocenters. The summed E-state index contributed by atoms with van der Waals surface area (Å²) in [5, 5.41) is 11.3. The molecule has 3 heterocycles. The van der Waals surface area contributed by atoms with Crippen molar-refractivity contribution in [3.05, 3.63) is 82.7 Å². The van der Waals surface area contributed by atoms with Crippen LogP contribution in [0, 0.1) is 16.6 Å². The van der Waals surface area contributed by atoms with E-state index in [-0.39, 0.29) is 28.3 Å². The Labute approximate surface area is 239 Å². The molecule has 3 aliphatic rings. The first kappa shape index (κ1) is 27.1. The average molecular weight is 554 g/mol. The Morgan fingerprint density at radius 2 is 2.00 bits per heavy atom. The molecule has 1 aliphatic heterocycles. The van der Waals surface area contributed by atoms with Crippen LogP contribution in [0.25, 0.3) is 17.2 Å². The van der Waals surface area contributed by atoms with E-state index in [1.54, 1.807) is 12.3 Å². The van der Waals surface area contributed by atoms with Crippen LogP contribution in [0.15, 0.2) is 59.9 Å². The van der Waals surface area contributed by atoms with Gasteiger partial charge in [-0.1, -0.05) is 51.5 Å². The minimum atomic E-state index is -0.542. The Morgan fingerprint density at radius 1 is 1.20 bits per heavy atom. The summed E-state index contributed by atoms with van der Waals surface area (Å²) in [4.78, 5) is 31.2. The van der Waals surface area contributed by atoms with E-state index in [4.69, 9.17) is 5.73 Å². The van der Waals surface area contributed by atoms with Crippen LogP contribution in [-0.4, -0.2) is 26.9 Å². The van der Waals surface area contributed by atoms with Gasteiger partial charge in [0.05, 0.1) is 17.3 Å². The molecule has 2 aromatic heterocycles. The van der Waals surface area contributed by atoms with Gasteiger partial charge >= 0.3 is 0 Å². The summed E-state index contributed by atoms with van der Waals surface area (Å²) in [7, 11) is 0. The number of ketones is 1. The van der Waals surface area contributed by atoms with Crippen molar-refractivity contribution in [2.45, 2.75) is 71.1 Å². The zero-order valence-electron chi connectivity index (χ0n) is 23.8. The molecule has 6 rings (SSSR count). The maximum Gasteiger partial charge on any atom is 0.227 e. The van der Waals surface area contributed by atoms with Crippen LogP contribution < -0.4 is 11.1 Å². The van der Waals surface area contributed by atoms with E-state index < -0.39 is 11.8 Å². The second kappa shape index (κ2) is 10.1. The van der Waals surface area contributed by atoms with Crippen LogP contribution in [0.4, 0.5) is 10.2 Å². The predicted octanol–water partition coefficient (Wildman–Crippen LogP) is 6.63. The number of carbonyl (C=O) groups is 2. The predicted molar refractivity (Wildman–Crippen MR) is 157 cm³/mol. The minimum Gasteiger partial charge on any atom is -0.369 e. The fraction of sp³-hybridized carbons (Fsp3) is 0.394. The molecule has 1 aromatic carbocycles. The first-order valence-electron chi connectivity index (χ1n) is 14.4. The van der Waals surface area contributed by atoms with Crippen LogP contribution in [-0.2, 0) is 9.59 Å². The molecule has 4 N–H and O–H groups in total. The van der Waals surface area contributed by atoms with E-state index in [1.807, 2.05) is 30.4 Å². The molecule has 0 saturated heterocycles. The standard InChI is InChI=1S/C33H36FN5O2/c1-4-33(13-6-14-33)28(30(35)41)29-27-23(26-24(37-31(27)39-38-29)16-32(2,3)17-25(26)40)12-11-22-10-9-20(18-36-22)19-7-5-8-21(34)15-19/h5,7-12,15,18,23,28H,4,6,13-14,16-17H2,1-3H3,(H2,35,41)(H2,37,38,39). The normalized spacial score (nSPS) is 21.6. The molecular formula is C33H36FN5O2. The molecule has 8 heteroatoms. The molecule has 7 nitrogen and oxygen atoms in total. The van der Waals surface area contributed by atoms with E-state index in [1.165, 1.54) is 12.1 Å². The van der Waals surface area contributed by atoms with Crippen LogP contribution in [0.2, 0.25) is 0 Å². The van der Waals surface area contributed by atoms with Crippen LogP contribution in [0.5, 0.6) is 0 Å². The SMILES string of the molecule is CCC1(C(C(N)=O)c2n[nH]c3c2C(C=Cc2ccc(-c4cccc(F)c4)cn2)C2=C(CC(C)(C)CC2=O)N3)CCC1. The molecule has 3 aromatic rings. The van der Waals surface area contributed by atoms with Gasteiger partial charge in [-0.3, -0.25) is 19.7 Å². The Hall–Kier alpha value is -4.07. The lowest BCUT2D eigenvalue weighted by Gasteiger charge is -2.46. The zero-order valence-corrected chi connectivity index (χ0v) is 23.8. The fourth-order valence-electron chi connectivity index (χ4n) is 7.03. The smallest absolute Gasteiger partial charge is 0.227 e. The Balaban J connectivity index is 1.42. The number of aromatic nitrogens is 3. The quantitative estimate of drug-likeness (QED) is 0.304. The third-order valence-electron chi connectivity index (χ3n) is 9.28. The highest BCUT2D eigenvalue weighted by molar-refractivity contribution is 6.01. The number of rotatable bonds is 7. The summed E-state index contributed by atoms with van der Waals surface area (Å²) in [6.45, 7) is 6.31. The number of Topliss-reactive ketones (excluding diaryl/α,β-unsaturated/α-hetero) is 1. The number of hydrogen-bond acceptors (Lipinski definition) is 5. The number of anilines is 1. The third-order valence-corrected chi connectivity index (χ3v) is 9.28. The highest BCUT2D eigenvalue weighted by Gasteiger charge is 2.50. The van der Waals surface area contributed by atoms with Gasteiger partial charge in [0.1, 0.15) is 11.6 Å². The van der Waals surface area contributed by atoms with E-state index in [0.717, 1.165) is 60.1 Å². The maximum atomic E-state index is 13.7. The van der Waals surface area contributed by atoms with E-state index >= 15 is 0 Å². The Bertz CT molecular complexity index is 1570. The first-order chi connectivity index (χ1) is 19.6. The number of benzene rings is 1. The number of nitrogens with zero attached hydrogens (tertiary/aromatic N) is 2. The number of fused-ring (bicyclic) bond motifs is 1. The second-order valence-electron chi connectivity index (χ2n) is 12.6. The van der Waals surface area contributed by atoms with Crippen LogP contribution >= 0.6 is 0 Å². The number of H-pyrrole nitrogens is 1. The lowest BCUT2D eigenvalue weighted by Crippen LogP contribution is -2.43. The largest absolute Gasteiger partial charge is 0.369 e. The molecule has 1 fully saturated rings. The lowest BCUT2D eigenvalue weighted by atomic mass is 9.57. The summed E-state index contributed by atoms with van der Waals surface area (Å²) in [6, 6.07) is 10.2. The zero-order chi connectivity index (χ0) is 28.9. The number of nitrogens with two attached hydrogens (primary N) is 1. The van der Waals surface area contributed by atoms with E-state index in [2.05, 4.69) is 41.3 Å². The number of halogens is 1. The van der Waals surface area contributed by atoms with Gasteiger partial charge in [-0.25, -0.2) is 4.39 Å². The van der Waals surface area contributed by atoms with Crippen molar-refractivity contribution in [2.24, 2.45) is 16.6 Å². The molecule has 0 radical (unpaired) electrons. The number of primary amides is 1. The molecule has 1 amide bonds. The minimum absolute atomic E-state index is 0.0927. The molecular weight excluding hydrogens is 517 g/mol. The van der Waals surface area contributed by atoms with Crippen molar-refractivity contribution < 1.29 is 14.0 Å².